The van der Waals surface area contributed by atoms with Crippen molar-refractivity contribution >= 4 is 38.4 Å². The number of hydrogen-bond donors (Lipinski definition) is 0. The number of rotatable bonds is 6. The number of allylic oxidation sites excluding steroid dienone is 1. The molecule has 29 heavy (non-hydrogen) atoms. The van der Waals surface area contributed by atoms with Gasteiger partial charge in [-0.1, -0.05) is 28.1 Å². The summed E-state index contributed by atoms with van der Waals surface area (Å²) >= 11 is 3.54. The van der Waals surface area contributed by atoms with E-state index in [-0.39, 0.29) is 5.91 Å². The summed E-state index contributed by atoms with van der Waals surface area (Å²) < 4.78 is 12.6. The van der Waals surface area contributed by atoms with E-state index in [1.54, 1.807) is 24.3 Å². The van der Waals surface area contributed by atoms with Crippen LogP contribution in [0.15, 0.2) is 51.6 Å². The van der Waals surface area contributed by atoms with E-state index in [1.807, 2.05) is 39.8 Å². The molecule has 5 heteroatoms. The van der Waals surface area contributed by atoms with Crippen molar-refractivity contribution in [1.82, 2.24) is 4.90 Å². The van der Waals surface area contributed by atoms with Crippen molar-refractivity contribution in [2.75, 3.05) is 20.2 Å². The zero-order chi connectivity index (χ0) is 21.1. The number of hydrogen-bond acceptors (Lipinski definition) is 3. The number of fused-ring (bicyclic) bond motifs is 1. The van der Waals surface area contributed by atoms with Crippen molar-refractivity contribution in [3.63, 3.8) is 0 Å². The maximum Gasteiger partial charge on any atom is 0.246 e. The van der Waals surface area contributed by atoms with Gasteiger partial charge < -0.3 is 14.1 Å². The Morgan fingerprint density at radius 2 is 1.97 bits per heavy atom. The molecule has 0 atom stereocenters. The van der Waals surface area contributed by atoms with Gasteiger partial charge in [0.25, 0.3) is 0 Å². The minimum Gasteiger partial charge on any atom is -0.496 e. The Morgan fingerprint density at radius 3 is 2.59 bits per heavy atom. The Labute approximate surface area is 180 Å². The van der Waals surface area contributed by atoms with Gasteiger partial charge in [0.15, 0.2) is 0 Å². The second-order valence-electron chi connectivity index (χ2n) is 6.96. The van der Waals surface area contributed by atoms with Gasteiger partial charge in [0.2, 0.25) is 5.91 Å². The second-order valence-corrected chi connectivity index (χ2v) is 7.87. The number of nitrogens with zero attached hydrogens (tertiary/aromatic N) is 1. The van der Waals surface area contributed by atoms with Gasteiger partial charge >= 0.3 is 0 Å². The highest BCUT2D eigenvalue weighted by Crippen LogP contribution is 2.40. The zero-order valence-corrected chi connectivity index (χ0v) is 19.1. The number of carbonyl (C=O) groups excluding carboxylic acids is 1. The van der Waals surface area contributed by atoms with Crippen molar-refractivity contribution in [2.45, 2.75) is 27.7 Å². The molecule has 1 aromatic heterocycles. The van der Waals surface area contributed by atoms with Gasteiger partial charge in [-0.05, 0) is 57.0 Å². The van der Waals surface area contributed by atoms with E-state index in [1.165, 1.54) is 0 Å². The van der Waals surface area contributed by atoms with Gasteiger partial charge in [0.1, 0.15) is 11.3 Å². The fourth-order valence-electron chi connectivity index (χ4n) is 3.64. The first-order valence-electron chi connectivity index (χ1n) is 9.73. The number of ether oxygens (including phenoxy) is 1. The van der Waals surface area contributed by atoms with Crippen LogP contribution >= 0.6 is 15.9 Å². The number of aryl methyl sites for hydroxylation is 1. The summed E-state index contributed by atoms with van der Waals surface area (Å²) in [4.78, 5) is 14.4. The Hall–Kier alpha value is -2.53. The van der Waals surface area contributed by atoms with Gasteiger partial charge in [0.05, 0.1) is 13.4 Å². The molecule has 3 rings (SSSR count). The lowest BCUT2D eigenvalue weighted by Crippen LogP contribution is -2.28. The van der Waals surface area contributed by atoms with Crippen LogP contribution in [0, 0.1) is 6.92 Å². The Bertz CT molecular complexity index is 1080. The summed E-state index contributed by atoms with van der Waals surface area (Å²) in [6.45, 7) is 9.27. The van der Waals surface area contributed by atoms with Gasteiger partial charge in [0, 0.05) is 45.7 Å². The number of carbonyl (C=O) groups is 1. The SMILES string of the molecule is CCN(CC)C(=O)/C=C(\C)c1cc2c(-c3cccc(Br)c3)coc2c(C)c1OC. The zero-order valence-electron chi connectivity index (χ0n) is 17.5. The molecule has 152 valence electrons. The molecule has 0 unspecified atom stereocenters. The standard InChI is InChI=1S/C24H26BrNO3/c1-6-26(7-2)22(27)11-15(3)19-13-20-21(17-9-8-10-18(25)12-17)14-29-24(20)16(4)23(19)28-5/h8-14H,6-7H2,1-5H3/b15-11+. The first-order chi connectivity index (χ1) is 13.9. The van der Waals surface area contributed by atoms with Crippen molar-refractivity contribution in [3.8, 4) is 16.9 Å². The molecule has 0 aliphatic rings. The van der Waals surface area contributed by atoms with E-state index in [0.717, 1.165) is 49.0 Å². The van der Waals surface area contributed by atoms with Crippen molar-refractivity contribution in [3.05, 3.63) is 58.3 Å². The van der Waals surface area contributed by atoms with E-state index >= 15 is 0 Å². The average molecular weight is 456 g/mol. The highest BCUT2D eigenvalue weighted by molar-refractivity contribution is 9.10. The molecule has 2 aromatic carbocycles. The van der Waals surface area contributed by atoms with Gasteiger partial charge in [-0.2, -0.15) is 0 Å². The van der Waals surface area contributed by atoms with Crippen LogP contribution in [0.25, 0.3) is 27.7 Å². The van der Waals surface area contributed by atoms with Crippen molar-refractivity contribution in [2.24, 2.45) is 0 Å². The van der Waals surface area contributed by atoms with Crippen LogP contribution in [-0.4, -0.2) is 31.0 Å². The number of benzene rings is 2. The molecule has 0 saturated heterocycles. The summed E-state index contributed by atoms with van der Waals surface area (Å²) in [5, 5.41) is 0.999. The third-order valence-corrected chi connectivity index (χ3v) is 5.72. The normalized spacial score (nSPS) is 11.7. The maximum atomic E-state index is 12.6. The minimum absolute atomic E-state index is 0.00621. The van der Waals surface area contributed by atoms with Crippen LogP contribution in [0.1, 0.15) is 31.9 Å². The largest absolute Gasteiger partial charge is 0.496 e. The van der Waals surface area contributed by atoms with Gasteiger partial charge in [-0.3, -0.25) is 4.79 Å². The Kier molecular flexibility index (Phi) is 6.48. The number of likely N-dealkylation sites (N-methyl/N-ethyl adjacent to an activating group) is 1. The predicted molar refractivity (Wildman–Crippen MR) is 122 cm³/mol. The van der Waals surface area contributed by atoms with Crippen LogP contribution < -0.4 is 4.74 Å². The molecular formula is C24H26BrNO3. The molecule has 3 aromatic rings. The third kappa shape index (κ3) is 4.10. The number of methoxy groups -OCH3 is 1. The third-order valence-electron chi connectivity index (χ3n) is 5.22. The summed E-state index contributed by atoms with van der Waals surface area (Å²) in [6, 6.07) is 10.2. The summed E-state index contributed by atoms with van der Waals surface area (Å²) in [5.74, 6) is 0.737. The molecular weight excluding hydrogens is 430 g/mol. The van der Waals surface area contributed by atoms with E-state index in [4.69, 9.17) is 9.15 Å². The predicted octanol–water partition coefficient (Wildman–Crippen LogP) is 6.45. The molecule has 0 spiro atoms. The maximum absolute atomic E-state index is 12.6. The van der Waals surface area contributed by atoms with Crippen LogP contribution in [0.2, 0.25) is 0 Å². The lowest BCUT2D eigenvalue weighted by atomic mass is 9.96. The topological polar surface area (TPSA) is 42.7 Å². The highest BCUT2D eigenvalue weighted by atomic mass is 79.9. The van der Waals surface area contributed by atoms with E-state index in [9.17, 15) is 4.79 Å². The lowest BCUT2D eigenvalue weighted by molar-refractivity contribution is -0.125. The molecule has 0 saturated carbocycles. The average Bonchev–Trinajstić information content (AvgIpc) is 3.13. The van der Waals surface area contributed by atoms with Crippen LogP contribution in [0.5, 0.6) is 5.75 Å². The first-order valence-corrected chi connectivity index (χ1v) is 10.5. The van der Waals surface area contributed by atoms with Crippen LogP contribution in [0.4, 0.5) is 0 Å². The van der Waals surface area contributed by atoms with Crippen molar-refractivity contribution < 1.29 is 13.9 Å². The van der Waals surface area contributed by atoms with Gasteiger partial charge in [-0.25, -0.2) is 0 Å². The van der Waals surface area contributed by atoms with Crippen molar-refractivity contribution in [1.29, 1.82) is 0 Å². The Morgan fingerprint density at radius 1 is 1.24 bits per heavy atom. The summed E-state index contributed by atoms with van der Waals surface area (Å²) in [6.07, 6.45) is 3.47. The van der Waals surface area contributed by atoms with Gasteiger partial charge in [-0.15, -0.1) is 0 Å². The molecule has 0 N–H and O–H groups in total. The number of halogens is 1. The smallest absolute Gasteiger partial charge is 0.246 e. The fourth-order valence-corrected chi connectivity index (χ4v) is 4.04. The lowest BCUT2D eigenvalue weighted by Gasteiger charge is -2.18. The summed E-state index contributed by atoms with van der Waals surface area (Å²) in [5.41, 5.74) is 5.55. The molecule has 0 bridgehead atoms. The first kappa shape index (κ1) is 21.2. The number of furan rings is 1. The second kappa shape index (κ2) is 8.87. The number of amides is 1. The van der Waals surface area contributed by atoms with E-state index in [0.29, 0.717) is 13.1 Å². The molecule has 4 nitrogen and oxygen atoms in total. The molecule has 1 heterocycles. The van der Waals surface area contributed by atoms with Crippen LogP contribution in [0.3, 0.4) is 0 Å². The molecule has 1 amide bonds. The van der Waals surface area contributed by atoms with Crippen LogP contribution in [-0.2, 0) is 4.79 Å². The molecule has 0 radical (unpaired) electrons. The quantitative estimate of drug-likeness (QED) is 0.401. The molecule has 0 fully saturated rings. The molecule has 0 aliphatic carbocycles. The molecule has 0 aliphatic heterocycles. The Balaban J connectivity index is 2.19. The summed E-state index contributed by atoms with van der Waals surface area (Å²) in [7, 11) is 1.65. The fraction of sp³-hybridized carbons (Fsp3) is 0.292. The van der Waals surface area contributed by atoms with E-state index < -0.39 is 0 Å². The highest BCUT2D eigenvalue weighted by Gasteiger charge is 2.19. The monoisotopic (exact) mass is 455 g/mol. The minimum atomic E-state index is 0.00621. The van der Waals surface area contributed by atoms with E-state index in [2.05, 4.69) is 34.1 Å².